The molecule has 0 bridgehead atoms. The molecule has 3 aromatic rings. The Labute approximate surface area is 203 Å². The van der Waals surface area contributed by atoms with E-state index < -0.39 is 29.7 Å². The summed E-state index contributed by atoms with van der Waals surface area (Å²) in [6.07, 6.45) is 5.36. The Morgan fingerprint density at radius 2 is 1.76 bits per heavy atom. The van der Waals surface area contributed by atoms with Crippen LogP contribution in [0.4, 0.5) is 5.69 Å². The second-order valence-corrected chi connectivity index (χ2v) is 8.80. The minimum Gasteiger partial charge on any atom is -0.468 e. The van der Waals surface area contributed by atoms with Crippen molar-refractivity contribution in [2.24, 2.45) is 5.92 Å². The first-order valence-corrected chi connectivity index (χ1v) is 11.3. The van der Waals surface area contributed by atoms with Gasteiger partial charge in [-0.05, 0) is 30.3 Å². The van der Waals surface area contributed by atoms with Gasteiger partial charge in [0.1, 0.15) is 11.6 Å². The molecule has 3 heterocycles. The summed E-state index contributed by atoms with van der Waals surface area (Å²) in [6, 6.07) is 13.8. The normalized spacial score (nSPS) is 18.5. The van der Waals surface area contributed by atoms with Gasteiger partial charge in [0.05, 0.1) is 37.0 Å². The number of Topliss-reactive ketones (excluding diaryl/α,β-unsaturated/α-hetero) is 1. The van der Waals surface area contributed by atoms with Gasteiger partial charge >= 0.3 is 11.9 Å². The number of benzene rings is 2. The van der Waals surface area contributed by atoms with Crippen LogP contribution in [-0.2, 0) is 19.1 Å². The zero-order chi connectivity index (χ0) is 24.0. The van der Waals surface area contributed by atoms with Crippen molar-refractivity contribution in [2.45, 2.75) is 6.04 Å². The van der Waals surface area contributed by atoms with Crippen LogP contribution in [0.2, 0.25) is 0 Å². The molecule has 0 spiro atoms. The van der Waals surface area contributed by atoms with Crippen LogP contribution >= 0.6 is 15.9 Å². The predicted octanol–water partition coefficient (Wildman–Crippen LogP) is 4.31. The number of ether oxygens (including phenoxy) is 2. The van der Waals surface area contributed by atoms with Crippen molar-refractivity contribution in [1.29, 1.82) is 0 Å². The number of halogens is 1. The number of aromatic nitrogens is 1. The second kappa shape index (κ2) is 8.53. The molecule has 7 nitrogen and oxygen atoms in total. The van der Waals surface area contributed by atoms with Crippen molar-refractivity contribution in [1.82, 2.24) is 4.98 Å². The van der Waals surface area contributed by atoms with Crippen LogP contribution in [-0.4, -0.2) is 43.0 Å². The highest BCUT2D eigenvalue weighted by molar-refractivity contribution is 9.10. The minimum atomic E-state index is -1.05. The maximum absolute atomic E-state index is 13.9. The number of rotatable bonds is 4. The molecule has 8 heteroatoms. The molecule has 0 saturated carbocycles. The van der Waals surface area contributed by atoms with E-state index in [0.717, 1.165) is 15.4 Å². The maximum atomic E-state index is 13.9. The highest BCUT2D eigenvalue weighted by Crippen LogP contribution is 2.47. The van der Waals surface area contributed by atoms with E-state index in [-0.39, 0.29) is 11.3 Å². The summed E-state index contributed by atoms with van der Waals surface area (Å²) in [5, 5.41) is 0.867. The van der Waals surface area contributed by atoms with Crippen LogP contribution in [0.1, 0.15) is 15.9 Å². The zero-order valence-corrected chi connectivity index (χ0v) is 19.9. The number of allylic oxidation sites excluding steroid dienone is 1. The molecule has 0 N–H and O–H groups in total. The van der Waals surface area contributed by atoms with E-state index in [1.54, 1.807) is 35.4 Å². The van der Waals surface area contributed by atoms with Gasteiger partial charge in [0, 0.05) is 27.2 Å². The van der Waals surface area contributed by atoms with E-state index in [2.05, 4.69) is 20.9 Å². The van der Waals surface area contributed by atoms with Gasteiger partial charge in [-0.2, -0.15) is 0 Å². The summed E-state index contributed by atoms with van der Waals surface area (Å²) in [7, 11) is 2.48. The van der Waals surface area contributed by atoms with Crippen molar-refractivity contribution >= 4 is 56.3 Å². The van der Waals surface area contributed by atoms with E-state index in [4.69, 9.17) is 9.47 Å². The first kappa shape index (κ1) is 22.0. The van der Waals surface area contributed by atoms with Crippen molar-refractivity contribution in [3.8, 4) is 0 Å². The molecule has 2 atom stereocenters. The lowest BCUT2D eigenvalue weighted by molar-refractivity contribution is -0.147. The predicted molar refractivity (Wildman–Crippen MR) is 130 cm³/mol. The molecule has 1 aromatic heterocycles. The Kier molecular flexibility index (Phi) is 5.53. The van der Waals surface area contributed by atoms with Crippen molar-refractivity contribution < 1.29 is 23.9 Å². The molecule has 2 aliphatic heterocycles. The van der Waals surface area contributed by atoms with Gasteiger partial charge in [-0.3, -0.25) is 14.6 Å². The molecule has 170 valence electrons. The number of hydrogen-bond acceptors (Lipinski definition) is 7. The third-order valence-electron chi connectivity index (χ3n) is 6.12. The van der Waals surface area contributed by atoms with Gasteiger partial charge in [0.2, 0.25) is 5.78 Å². The average Bonchev–Trinajstić information content (AvgIpc) is 3.22. The number of nitrogens with zero attached hydrogens (tertiary/aromatic N) is 2. The van der Waals surface area contributed by atoms with Crippen LogP contribution < -0.4 is 4.90 Å². The first-order valence-electron chi connectivity index (χ1n) is 10.5. The van der Waals surface area contributed by atoms with E-state index in [1.165, 1.54) is 14.2 Å². The third-order valence-corrected chi connectivity index (χ3v) is 6.65. The van der Waals surface area contributed by atoms with Crippen LogP contribution in [0, 0.1) is 5.92 Å². The van der Waals surface area contributed by atoms with Crippen LogP contribution in [0.5, 0.6) is 0 Å². The molecule has 2 aliphatic rings. The molecule has 0 fully saturated rings. The quantitative estimate of drug-likeness (QED) is 0.375. The molecule has 34 heavy (non-hydrogen) atoms. The van der Waals surface area contributed by atoms with Crippen LogP contribution in [0.3, 0.4) is 0 Å². The lowest BCUT2D eigenvalue weighted by Gasteiger charge is -2.34. The van der Waals surface area contributed by atoms with E-state index in [9.17, 15) is 14.4 Å². The van der Waals surface area contributed by atoms with Crippen molar-refractivity contribution in [2.75, 3.05) is 19.1 Å². The Morgan fingerprint density at radius 3 is 2.47 bits per heavy atom. The number of pyridine rings is 1. The Balaban J connectivity index is 1.83. The zero-order valence-electron chi connectivity index (χ0n) is 18.3. The molecular weight excluding hydrogens is 500 g/mol. The smallest absolute Gasteiger partial charge is 0.336 e. The van der Waals surface area contributed by atoms with Crippen LogP contribution in [0.25, 0.3) is 17.0 Å². The van der Waals surface area contributed by atoms with Crippen molar-refractivity contribution in [3.05, 3.63) is 87.7 Å². The maximum Gasteiger partial charge on any atom is 0.336 e. The standard InChI is InChI=1S/C26H19BrN2O5/c1-33-25(31)19-18-12-9-15-6-5-14-4-3-13-28-21(14)22(15)29(18)23(20(19)26(32)34-2)24(30)16-7-10-17(27)11-8-16/h3-13,18-19H,1-2H3/t18-,19+/m0/s1. The van der Waals surface area contributed by atoms with Gasteiger partial charge in [-0.15, -0.1) is 0 Å². The number of ketones is 1. The summed E-state index contributed by atoms with van der Waals surface area (Å²) >= 11 is 3.38. The van der Waals surface area contributed by atoms with Gasteiger partial charge < -0.3 is 14.4 Å². The minimum absolute atomic E-state index is 0.0299. The molecule has 0 amide bonds. The Bertz CT molecular complexity index is 1410. The average molecular weight is 519 g/mol. The van der Waals surface area contributed by atoms with Gasteiger partial charge in [-0.25, -0.2) is 4.79 Å². The number of anilines is 1. The van der Waals surface area contributed by atoms with Crippen molar-refractivity contribution in [3.63, 3.8) is 0 Å². The highest BCUT2D eigenvalue weighted by Gasteiger charge is 2.51. The fourth-order valence-electron chi connectivity index (χ4n) is 4.63. The largest absolute Gasteiger partial charge is 0.468 e. The Hall–Kier alpha value is -3.78. The van der Waals surface area contributed by atoms with E-state index in [1.807, 2.05) is 36.4 Å². The molecule has 0 radical (unpaired) electrons. The fraction of sp³-hybridized carbons (Fsp3) is 0.154. The third kappa shape index (κ3) is 3.33. The summed E-state index contributed by atoms with van der Waals surface area (Å²) in [5.74, 6) is -2.84. The lowest BCUT2D eigenvalue weighted by Crippen LogP contribution is -2.39. The summed E-state index contributed by atoms with van der Waals surface area (Å²) in [5.41, 5.74) is 2.55. The van der Waals surface area contributed by atoms with Gasteiger partial charge in [0.25, 0.3) is 0 Å². The lowest BCUT2D eigenvalue weighted by atomic mass is 9.91. The van der Waals surface area contributed by atoms with E-state index in [0.29, 0.717) is 16.8 Å². The molecule has 2 aromatic carbocycles. The van der Waals surface area contributed by atoms with E-state index >= 15 is 0 Å². The molecule has 0 aliphatic carbocycles. The highest BCUT2D eigenvalue weighted by atomic mass is 79.9. The van der Waals surface area contributed by atoms with Crippen LogP contribution in [0.15, 0.2) is 76.5 Å². The number of carbonyl (C=O) groups is 3. The SMILES string of the molecule is COC(=O)C1=C(C(=O)c2ccc(Br)cc2)N2c3c(ccc4cccnc34)C=C[C@H]2[C@H]1C(=O)OC. The summed E-state index contributed by atoms with van der Waals surface area (Å²) in [6.45, 7) is 0. The molecule has 0 saturated heterocycles. The topological polar surface area (TPSA) is 85.8 Å². The fourth-order valence-corrected chi connectivity index (χ4v) is 4.89. The monoisotopic (exact) mass is 518 g/mol. The summed E-state index contributed by atoms with van der Waals surface area (Å²) < 4.78 is 10.9. The molecule has 0 unspecified atom stereocenters. The molecular formula is C26H19BrN2O5. The number of methoxy groups -OCH3 is 2. The number of hydrogen-bond donors (Lipinski definition) is 0. The Morgan fingerprint density at radius 1 is 1.00 bits per heavy atom. The van der Waals surface area contributed by atoms with Gasteiger partial charge in [0.15, 0.2) is 0 Å². The number of carbonyl (C=O) groups excluding carboxylic acids is 3. The second-order valence-electron chi connectivity index (χ2n) is 7.89. The first-order chi connectivity index (χ1) is 16.5. The molecule has 5 rings (SSSR count). The number of esters is 2. The summed E-state index contributed by atoms with van der Waals surface area (Å²) in [4.78, 5) is 46.2. The van der Waals surface area contributed by atoms with Gasteiger partial charge in [-0.1, -0.05) is 46.3 Å². The number of fused-ring (bicyclic) bond motifs is 5.